The van der Waals surface area contributed by atoms with Gasteiger partial charge in [-0.15, -0.1) is 0 Å². The minimum absolute atomic E-state index is 0.324. The molecule has 5 heteroatoms. The number of nitrogens with two attached hydrogens (primary N) is 1. The molecule has 0 aliphatic carbocycles. The third-order valence-electron chi connectivity index (χ3n) is 2.19. The summed E-state index contributed by atoms with van der Waals surface area (Å²) in [6.45, 7) is 7.06. The first-order chi connectivity index (χ1) is 8.24. The smallest absolute Gasteiger partial charge is 0.356 e. The molecular weight excluding hydrogens is 234 g/mol. The average molecular weight is 251 g/mol. The summed E-state index contributed by atoms with van der Waals surface area (Å²) in [6.07, 6.45) is 0. The van der Waals surface area contributed by atoms with E-state index < -0.39 is 17.5 Å². The van der Waals surface area contributed by atoms with Crippen LogP contribution in [0.5, 0.6) is 0 Å². The Bertz CT molecular complexity index is 474. The molecule has 18 heavy (non-hydrogen) atoms. The number of carbonyl (C=O) groups excluding carboxylic acids is 2. The fraction of sp³-hybridized carbons (Fsp3) is 0.385. The number of hydrogen-bond donors (Lipinski definition) is 1. The highest BCUT2D eigenvalue weighted by molar-refractivity contribution is 5.94. The van der Waals surface area contributed by atoms with Crippen LogP contribution in [0.15, 0.2) is 18.2 Å². The molecule has 98 valence electrons. The zero-order chi connectivity index (χ0) is 13.9. The molecule has 0 atom stereocenters. The van der Waals surface area contributed by atoms with Gasteiger partial charge in [0.25, 0.3) is 0 Å². The number of ether oxygens (including phenoxy) is 1. The molecule has 0 amide bonds. The largest absolute Gasteiger partial charge is 0.456 e. The van der Waals surface area contributed by atoms with Gasteiger partial charge in [-0.25, -0.2) is 9.59 Å². The monoisotopic (exact) mass is 251 g/mol. The van der Waals surface area contributed by atoms with E-state index in [0.717, 1.165) is 0 Å². The Morgan fingerprint density at radius 1 is 1.17 bits per heavy atom. The van der Waals surface area contributed by atoms with Gasteiger partial charge in [0.15, 0.2) is 0 Å². The molecule has 0 fully saturated rings. The number of rotatable bonds is 2. The first-order valence-electron chi connectivity index (χ1n) is 5.49. The van der Waals surface area contributed by atoms with Crippen LogP contribution in [0.2, 0.25) is 0 Å². The lowest BCUT2D eigenvalue weighted by molar-refractivity contribution is 0.00689. The van der Waals surface area contributed by atoms with Gasteiger partial charge in [-0.05, 0) is 51.5 Å². The minimum atomic E-state index is -0.636. The van der Waals surface area contributed by atoms with Gasteiger partial charge >= 0.3 is 11.9 Å². The molecule has 0 saturated carbocycles. The lowest BCUT2D eigenvalue weighted by Crippen LogP contribution is -2.24. The minimum Gasteiger partial charge on any atom is -0.456 e. The predicted octanol–water partition coefficient (Wildman–Crippen LogP) is 1.98. The standard InChI is InChI=1S/C13H17NO4/c1-8-7-9(11(15)17-13(2,3)4)5-6-10(8)12(16)18-14/h5-7H,14H2,1-4H3. The number of esters is 1. The molecule has 0 heterocycles. The van der Waals surface area contributed by atoms with Crippen molar-refractivity contribution in [1.82, 2.24) is 0 Å². The third kappa shape index (κ3) is 3.56. The van der Waals surface area contributed by atoms with Gasteiger partial charge in [-0.1, -0.05) is 0 Å². The van der Waals surface area contributed by atoms with Crippen molar-refractivity contribution in [1.29, 1.82) is 0 Å². The van der Waals surface area contributed by atoms with E-state index >= 15 is 0 Å². The Morgan fingerprint density at radius 2 is 1.78 bits per heavy atom. The third-order valence-corrected chi connectivity index (χ3v) is 2.19. The molecule has 0 bridgehead atoms. The molecule has 1 rings (SSSR count). The van der Waals surface area contributed by atoms with E-state index in [1.54, 1.807) is 33.8 Å². The Kier molecular flexibility index (Phi) is 4.08. The first kappa shape index (κ1) is 14.2. The van der Waals surface area contributed by atoms with Crippen molar-refractivity contribution in [3.05, 3.63) is 34.9 Å². The van der Waals surface area contributed by atoms with Gasteiger partial charge in [0.2, 0.25) is 0 Å². The lowest BCUT2D eigenvalue weighted by atomic mass is 10.1. The zero-order valence-electron chi connectivity index (χ0n) is 10.9. The zero-order valence-corrected chi connectivity index (χ0v) is 10.9. The Hall–Kier alpha value is -1.88. The molecule has 0 spiro atoms. The Labute approximate surface area is 106 Å². The van der Waals surface area contributed by atoms with E-state index in [0.29, 0.717) is 16.7 Å². The van der Waals surface area contributed by atoms with Crippen molar-refractivity contribution in [3.63, 3.8) is 0 Å². The van der Waals surface area contributed by atoms with Crippen LogP contribution in [0.3, 0.4) is 0 Å². The topological polar surface area (TPSA) is 78.6 Å². The maximum absolute atomic E-state index is 11.8. The molecule has 0 aliphatic rings. The summed E-state index contributed by atoms with van der Waals surface area (Å²) in [5.41, 5.74) is 0.759. The van der Waals surface area contributed by atoms with Crippen LogP contribution < -0.4 is 5.90 Å². The molecule has 0 aliphatic heterocycles. The lowest BCUT2D eigenvalue weighted by Gasteiger charge is -2.19. The van der Waals surface area contributed by atoms with Crippen LogP contribution in [0.1, 0.15) is 47.1 Å². The summed E-state index contributed by atoms with van der Waals surface area (Å²) in [5, 5.41) is 0. The predicted molar refractivity (Wildman–Crippen MR) is 66.0 cm³/mol. The van der Waals surface area contributed by atoms with E-state index in [1.165, 1.54) is 12.1 Å². The van der Waals surface area contributed by atoms with E-state index in [9.17, 15) is 9.59 Å². The van der Waals surface area contributed by atoms with E-state index in [-0.39, 0.29) is 0 Å². The first-order valence-corrected chi connectivity index (χ1v) is 5.49. The van der Waals surface area contributed by atoms with Crippen molar-refractivity contribution >= 4 is 11.9 Å². The second kappa shape index (κ2) is 5.18. The molecule has 2 N–H and O–H groups in total. The van der Waals surface area contributed by atoms with Crippen molar-refractivity contribution in [2.45, 2.75) is 33.3 Å². The second-order valence-corrected chi connectivity index (χ2v) is 4.94. The fourth-order valence-electron chi connectivity index (χ4n) is 1.42. The summed E-state index contributed by atoms with van der Waals surface area (Å²) < 4.78 is 5.23. The van der Waals surface area contributed by atoms with Gasteiger partial charge in [0, 0.05) is 0 Å². The van der Waals surface area contributed by atoms with Crippen molar-refractivity contribution < 1.29 is 19.2 Å². The molecule has 0 radical (unpaired) electrons. The van der Waals surface area contributed by atoms with Crippen molar-refractivity contribution in [2.75, 3.05) is 0 Å². The van der Waals surface area contributed by atoms with Gasteiger partial charge in [-0.3, -0.25) is 0 Å². The van der Waals surface area contributed by atoms with Crippen LogP contribution in [0.25, 0.3) is 0 Å². The van der Waals surface area contributed by atoms with Gasteiger partial charge in [0.05, 0.1) is 11.1 Å². The molecule has 0 unspecified atom stereocenters. The Morgan fingerprint density at radius 3 is 2.22 bits per heavy atom. The number of carbonyl (C=O) groups is 2. The van der Waals surface area contributed by atoms with E-state index in [1.807, 2.05) is 0 Å². The van der Waals surface area contributed by atoms with Crippen molar-refractivity contribution in [2.24, 2.45) is 5.90 Å². The average Bonchev–Trinajstić information content (AvgIpc) is 2.25. The van der Waals surface area contributed by atoms with Crippen LogP contribution in [-0.2, 0) is 9.57 Å². The van der Waals surface area contributed by atoms with Crippen molar-refractivity contribution in [3.8, 4) is 0 Å². The molecule has 1 aromatic rings. The summed E-state index contributed by atoms with van der Waals surface area (Å²) in [7, 11) is 0. The summed E-state index contributed by atoms with van der Waals surface area (Å²) >= 11 is 0. The van der Waals surface area contributed by atoms with Crippen LogP contribution in [0.4, 0.5) is 0 Å². The highest BCUT2D eigenvalue weighted by Gasteiger charge is 2.19. The highest BCUT2D eigenvalue weighted by atomic mass is 16.7. The molecule has 0 saturated heterocycles. The van der Waals surface area contributed by atoms with E-state index in [4.69, 9.17) is 10.6 Å². The molecule has 5 nitrogen and oxygen atoms in total. The molecule has 1 aromatic carbocycles. The van der Waals surface area contributed by atoms with E-state index in [2.05, 4.69) is 4.84 Å². The Balaban J connectivity index is 2.98. The summed E-state index contributed by atoms with van der Waals surface area (Å²) in [5.74, 6) is 3.74. The quantitative estimate of drug-likeness (QED) is 0.642. The van der Waals surface area contributed by atoms with Crippen LogP contribution >= 0.6 is 0 Å². The molecular formula is C13H17NO4. The van der Waals surface area contributed by atoms with Crippen LogP contribution in [0, 0.1) is 6.92 Å². The highest BCUT2D eigenvalue weighted by Crippen LogP contribution is 2.16. The summed E-state index contributed by atoms with van der Waals surface area (Å²) in [4.78, 5) is 27.2. The molecule has 0 aromatic heterocycles. The van der Waals surface area contributed by atoms with Crippen LogP contribution in [-0.4, -0.2) is 17.5 Å². The number of aryl methyl sites for hydroxylation is 1. The van der Waals surface area contributed by atoms with Gasteiger partial charge < -0.3 is 9.57 Å². The SMILES string of the molecule is Cc1cc(C(=O)OC(C)(C)C)ccc1C(=O)ON. The van der Waals surface area contributed by atoms with Gasteiger partial charge in [0.1, 0.15) is 5.60 Å². The normalized spacial score (nSPS) is 10.9. The number of benzene rings is 1. The van der Waals surface area contributed by atoms with Gasteiger partial charge in [-0.2, -0.15) is 5.90 Å². The maximum Gasteiger partial charge on any atom is 0.356 e. The number of hydrogen-bond acceptors (Lipinski definition) is 5. The maximum atomic E-state index is 11.8. The fourth-order valence-corrected chi connectivity index (χ4v) is 1.42. The second-order valence-electron chi connectivity index (χ2n) is 4.94. The summed E-state index contributed by atoms with van der Waals surface area (Å²) in [6, 6.07) is 4.57.